The Morgan fingerprint density at radius 1 is 1.07 bits per heavy atom. The van der Waals surface area contributed by atoms with Gasteiger partial charge in [-0.05, 0) is 30.2 Å². The quantitative estimate of drug-likeness (QED) is 0.591. The molecule has 1 fully saturated rings. The van der Waals surface area contributed by atoms with Gasteiger partial charge in [-0.3, -0.25) is 4.90 Å². The highest BCUT2D eigenvalue weighted by molar-refractivity contribution is 6.34. The van der Waals surface area contributed by atoms with Crippen LogP contribution in [-0.2, 0) is 6.18 Å². The van der Waals surface area contributed by atoms with Crippen LogP contribution in [0.2, 0.25) is 5.02 Å². The molecule has 0 spiro atoms. The minimum absolute atomic E-state index is 0.0173. The van der Waals surface area contributed by atoms with E-state index in [1.54, 1.807) is 19.1 Å². The predicted octanol–water partition coefficient (Wildman–Crippen LogP) is 5.56. The Labute approximate surface area is 178 Å². The molecule has 1 N–H and O–H groups in total. The van der Waals surface area contributed by atoms with E-state index < -0.39 is 17.9 Å². The van der Waals surface area contributed by atoms with Crippen LogP contribution in [0.5, 0.6) is 0 Å². The Bertz CT molecular complexity index is 867. The van der Waals surface area contributed by atoms with Crippen molar-refractivity contribution in [3.8, 4) is 11.1 Å². The Morgan fingerprint density at radius 2 is 1.73 bits per heavy atom. The van der Waals surface area contributed by atoms with E-state index in [4.69, 9.17) is 16.7 Å². The van der Waals surface area contributed by atoms with Crippen molar-refractivity contribution in [1.29, 1.82) is 0 Å². The third-order valence-electron chi connectivity index (χ3n) is 5.46. The second kappa shape index (κ2) is 9.54. The Kier molecular flexibility index (Phi) is 7.26. The van der Waals surface area contributed by atoms with Crippen molar-refractivity contribution >= 4 is 17.3 Å². The van der Waals surface area contributed by atoms with Gasteiger partial charge in [-0.15, -0.1) is 0 Å². The fourth-order valence-electron chi connectivity index (χ4n) is 3.79. The van der Waals surface area contributed by atoms with E-state index in [-0.39, 0.29) is 34.7 Å². The zero-order chi connectivity index (χ0) is 21.9. The minimum Gasteiger partial charge on any atom is -0.395 e. The number of alkyl halides is 4. The fraction of sp³-hybridized carbons (Fsp3) is 0.455. The number of aliphatic hydroxyl groups is 1. The number of nitrogens with zero attached hydrogens (tertiary/aromatic N) is 2. The summed E-state index contributed by atoms with van der Waals surface area (Å²) in [5.41, 5.74) is 0.198. The molecule has 1 aliphatic heterocycles. The molecule has 2 aromatic rings. The molecule has 1 atom stereocenters. The number of hydrogen-bond acceptors (Lipinski definition) is 3. The summed E-state index contributed by atoms with van der Waals surface area (Å²) in [5.74, 6) is 0. The van der Waals surface area contributed by atoms with Gasteiger partial charge >= 0.3 is 6.18 Å². The molecule has 1 heterocycles. The maximum absolute atomic E-state index is 14.7. The molecule has 0 amide bonds. The number of halogens is 5. The highest BCUT2D eigenvalue weighted by atomic mass is 35.5. The molecule has 0 radical (unpaired) electrons. The summed E-state index contributed by atoms with van der Waals surface area (Å²) >= 11 is 6.45. The number of rotatable bonds is 6. The lowest BCUT2D eigenvalue weighted by atomic mass is 9.94. The first kappa shape index (κ1) is 22.8. The highest BCUT2D eigenvalue weighted by Gasteiger charge is 2.34. The summed E-state index contributed by atoms with van der Waals surface area (Å²) in [5, 5.41) is 9.12. The van der Waals surface area contributed by atoms with Crippen LogP contribution in [0.1, 0.15) is 30.6 Å². The van der Waals surface area contributed by atoms with Gasteiger partial charge in [-0.2, -0.15) is 13.2 Å². The maximum Gasteiger partial charge on any atom is 0.417 e. The summed E-state index contributed by atoms with van der Waals surface area (Å²) in [6, 6.07) is 8.51. The number of aliphatic hydroxyl groups excluding tert-OH is 1. The van der Waals surface area contributed by atoms with E-state index in [2.05, 4.69) is 4.90 Å². The van der Waals surface area contributed by atoms with Crippen LogP contribution in [0.25, 0.3) is 11.1 Å². The third kappa shape index (κ3) is 4.90. The molecule has 0 aromatic heterocycles. The van der Waals surface area contributed by atoms with Gasteiger partial charge in [0.15, 0.2) is 0 Å². The van der Waals surface area contributed by atoms with Gasteiger partial charge in [0, 0.05) is 49.5 Å². The number of β-amino-alcohol motifs (C(OH)–C–C–N with tert-alkyl or cyclic N) is 1. The summed E-state index contributed by atoms with van der Waals surface area (Å²) in [6.45, 7) is 5.00. The normalized spacial score (nSPS) is 16.7. The van der Waals surface area contributed by atoms with Crippen LogP contribution >= 0.6 is 11.6 Å². The lowest BCUT2D eigenvalue weighted by Gasteiger charge is -2.36. The first-order valence-electron chi connectivity index (χ1n) is 9.98. The molecule has 0 saturated carbocycles. The standard InChI is InChI=1S/C22H25ClF4N2O/c1-2-20(24)18-14-15(29-9-7-28(8-10-29)11-12-30)13-17(21(18)23)16-5-3-4-6-19(16)22(25,26)27/h3-6,13-14,20,30H,2,7-12H2,1H3/t20-/m1/s1. The predicted molar refractivity (Wildman–Crippen MR) is 112 cm³/mol. The van der Waals surface area contributed by atoms with E-state index in [0.29, 0.717) is 38.4 Å². The van der Waals surface area contributed by atoms with Crippen molar-refractivity contribution in [1.82, 2.24) is 4.90 Å². The van der Waals surface area contributed by atoms with E-state index >= 15 is 0 Å². The highest BCUT2D eigenvalue weighted by Crippen LogP contribution is 2.44. The van der Waals surface area contributed by atoms with Crippen molar-refractivity contribution in [2.75, 3.05) is 44.2 Å². The third-order valence-corrected chi connectivity index (χ3v) is 5.88. The molecule has 3 nitrogen and oxygen atoms in total. The zero-order valence-corrected chi connectivity index (χ0v) is 17.5. The van der Waals surface area contributed by atoms with Crippen LogP contribution in [-0.4, -0.2) is 49.3 Å². The van der Waals surface area contributed by atoms with Crippen LogP contribution in [0, 0.1) is 0 Å². The molecule has 164 valence electrons. The first-order valence-corrected chi connectivity index (χ1v) is 10.4. The van der Waals surface area contributed by atoms with Crippen LogP contribution in [0.3, 0.4) is 0 Å². The van der Waals surface area contributed by atoms with Gasteiger partial charge in [-0.1, -0.05) is 36.7 Å². The second-order valence-corrected chi connectivity index (χ2v) is 7.75. The zero-order valence-electron chi connectivity index (χ0n) is 16.7. The van der Waals surface area contributed by atoms with Crippen LogP contribution in [0.4, 0.5) is 23.2 Å². The van der Waals surface area contributed by atoms with Gasteiger partial charge in [0.2, 0.25) is 0 Å². The van der Waals surface area contributed by atoms with Crippen molar-refractivity contribution in [3.05, 3.63) is 52.5 Å². The van der Waals surface area contributed by atoms with Gasteiger partial charge in [0.1, 0.15) is 6.17 Å². The van der Waals surface area contributed by atoms with E-state index in [1.165, 1.54) is 18.2 Å². The van der Waals surface area contributed by atoms with Gasteiger partial charge < -0.3 is 10.0 Å². The van der Waals surface area contributed by atoms with Crippen molar-refractivity contribution < 1.29 is 22.7 Å². The molecular formula is C22H25ClF4N2O. The largest absolute Gasteiger partial charge is 0.417 e. The molecule has 8 heteroatoms. The van der Waals surface area contributed by atoms with Gasteiger partial charge in [0.05, 0.1) is 17.2 Å². The number of piperazine rings is 1. The summed E-state index contributed by atoms with van der Waals surface area (Å²) < 4.78 is 55.5. The summed E-state index contributed by atoms with van der Waals surface area (Å²) in [7, 11) is 0. The number of anilines is 1. The number of benzene rings is 2. The second-order valence-electron chi connectivity index (χ2n) is 7.37. The Morgan fingerprint density at radius 3 is 2.33 bits per heavy atom. The van der Waals surface area contributed by atoms with E-state index in [9.17, 15) is 17.6 Å². The average Bonchev–Trinajstić information content (AvgIpc) is 2.73. The molecule has 0 bridgehead atoms. The molecule has 0 unspecified atom stereocenters. The monoisotopic (exact) mass is 444 g/mol. The smallest absolute Gasteiger partial charge is 0.395 e. The van der Waals surface area contributed by atoms with Crippen molar-refractivity contribution in [2.24, 2.45) is 0 Å². The maximum atomic E-state index is 14.7. The fourth-order valence-corrected chi connectivity index (χ4v) is 4.12. The molecular weight excluding hydrogens is 420 g/mol. The molecule has 1 aliphatic rings. The Balaban J connectivity index is 2.08. The van der Waals surface area contributed by atoms with Crippen LogP contribution in [0.15, 0.2) is 36.4 Å². The van der Waals surface area contributed by atoms with Gasteiger partial charge in [-0.25, -0.2) is 4.39 Å². The first-order chi connectivity index (χ1) is 14.3. The number of hydrogen-bond donors (Lipinski definition) is 1. The average molecular weight is 445 g/mol. The molecule has 1 saturated heterocycles. The summed E-state index contributed by atoms with van der Waals surface area (Å²) in [4.78, 5) is 4.13. The van der Waals surface area contributed by atoms with Crippen molar-refractivity contribution in [2.45, 2.75) is 25.7 Å². The van der Waals surface area contributed by atoms with E-state index in [0.717, 1.165) is 6.07 Å². The minimum atomic E-state index is -4.55. The molecule has 3 rings (SSSR count). The molecule has 30 heavy (non-hydrogen) atoms. The van der Waals surface area contributed by atoms with Crippen LogP contribution < -0.4 is 4.90 Å². The van der Waals surface area contributed by atoms with Crippen molar-refractivity contribution in [3.63, 3.8) is 0 Å². The SMILES string of the molecule is CC[C@@H](F)c1cc(N2CCN(CCO)CC2)cc(-c2ccccc2C(F)(F)F)c1Cl. The topological polar surface area (TPSA) is 26.7 Å². The summed E-state index contributed by atoms with van der Waals surface area (Å²) in [6.07, 6.45) is -5.75. The lowest BCUT2D eigenvalue weighted by Crippen LogP contribution is -2.47. The Hall–Kier alpha value is -1.83. The van der Waals surface area contributed by atoms with E-state index in [1.807, 2.05) is 4.90 Å². The lowest BCUT2D eigenvalue weighted by molar-refractivity contribution is -0.137. The molecule has 0 aliphatic carbocycles. The van der Waals surface area contributed by atoms with Gasteiger partial charge in [0.25, 0.3) is 0 Å². The molecule has 2 aromatic carbocycles.